The van der Waals surface area contributed by atoms with E-state index < -0.39 is 12.5 Å². The summed E-state index contributed by atoms with van der Waals surface area (Å²) in [6, 6.07) is 8.33. The maximum Gasteiger partial charge on any atom is 0.387 e. The van der Waals surface area contributed by atoms with Gasteiger partial charge in [-0.05, 0) is 30.3 Å². The molecule has 0 aliphatic carbocycles. The molecule has 1 aromatic carbocycles. The van der Waals surface area contributed by atoms with Crippen molar-refractivity contribution in [1.29, 1.82) is 0 Å². The van der Waals surface area contributed by atoms with E-state index in [2.05, 4.69) is 20.3 Å². The molecule has 0 atom stereocenters. The van der Waals surface area contributed by atoms with Crippen molar-refractivity contribution in [2.24, 2.45) is 0 Å². The number of ether oxygens (including phenoxy) is 1. The first kappa shape index (κ1) is 14.1. The lowest BCUT2D eigenvalue weighted by molar-refractivity contribution is -0.0498. The number of aromatic nitrogens is 2. The van der Waals surface area contributed by atoms with Gasteiger partial charge in [-0.2, -0.15) is 8.78 Å². The lowest BCUT2D eigenvalue weighted by Gasteiger charge is -2.07. The van der Waals surface area contributed by atoms with E-state index in [4.69, 9.17) is 11.6 Å². The summed E-state index contributed by atoms with van der Waals surface area (Å²) in [4.78, 5) is 11.9. The maximum absolute atomic E-state index is 12.1. The Kier molecular flexibility index (Phi) is 4.41. The van der Waals surface area contributed by atoms with Gasteiger partial charge in [0.05, 0.1) is 0 Å². The van der Waals surface area contributed by atoms with E-state index in [1.807, 2.05) is 0 Å². The maximum atomic E-state index is 12.1. The van der Waals surface area contributed by atoms with Crippen LogP contribution in [0.4, 0.5) is 14.6 Å². The van der Waals surface area contributed by atoms with Gasteiger partial charge in [-0.15, -0.1) is 10.2 Å². The van der Waals surface area contributed by atoms with Gasteiger partial charge >= 0.3 is 6.61 Å². The number of carbonyl (C=O) groups excluding carboxylic acids is 1. The van der Waals surface area contributed by atoms with Gasteiger partial charge < -0.3 is 10.1 Å². The lowest BCUT2D eigenvalue weighted by Crippen LogP contribution is -2.13. The molecule has 0 unspecified atom stereocenters. The first-order valence-corrected chi connectivity index (χ1v) is 5.78. The Labute approximate surface area is 117 Å². The summed E-state index contributed by atoms with van der Waals surface area (Å²) in [5.74, 6) is -0.434. The summed E-state index contributed by atoms with van der Waals surface area (Å²) in [5, 5.41) is 9.85. The molecule has 104 valence electrons. The van der Waals surface area contributed by atoms with Crippen LogP contribution in [0.25, 0.3) is 0 Å². The number of rotatable bonds is 4. The minimum absolute atomic E-state index is 0.102. The van der Waals surface area contributed by atoms with Gasteiger partial charge in [0.15, 0.2) is 11.0 Å². The molecule has 20 heavy (non-hydrogen) atoms. The van der Waals surface area contributed by atoms with Crippen molar-refractivity contribution in [3.8, 4) is 5.75 Å². The summed E-state index contributed by atoms with van der Waals surface area (Å²) in [7, 11) is 0. The summed E-state index contributed by atoms with van der Waals surface area (Å²) in [6.45, 7) is -2.95. The van der Waals surface area contributed by atoms with Gasteiger partial charge in [-0.25, -0.2) is 0 Å². The van der Waals surface area contributed by atoms with Crippen LogP contribution in [0, 0.1) is 0 Å². The van der Waals surface area contributed by atoms with Crippen molar-refractivity contribution in [1.82, 2.24) is 10.2 Å². The lowest BCUT2D eigenvalue weighted by atomic mass is 10.2. The molecule has 0 saturated carbocycles. The molecule has 1 N–H and O–H groups in total. The molecule has 0 fully saturated rings. The van der Waals surface area contributed by atoms with Gasteiger partial charge in [0.1, 0.15) is 5.75 Å². The first-order valence-electron chi connectivity index (χ1n) is 5.40. The van der Waals surface area contributed by atoms with Crippen LogP contribution in [0.1, 0.15) is 10.4 Å². The molecular weight excluding hydrogens is 292 g/mol. The Morgan fingerprint density at radius 1 is 1.25 bits per heavy atom. The molecule has 0 saturated heterocycles. The van der Waals surface area contributed by atoms with Crippen molar-refractivity contribution in [2.75, 3.05) is 5.32 Å². The number of nitrogens with one attached hydrogen (secondary N) is 1. The molecule has 0 aliphatic heterocycles. The van der Waals surface area contributed by atoms with E-state index in [0.29, 0.717) is 0 Å². The van der Waals surface area contributed by atoms with Gasteiger partial charge in [0, 0.05) is 5.56 Å². The van der Waals surface area contributed by atoms with Crippen molar-refractivity contribution in [3.63, 3.8) is 0 Å². The number of anilines is 1. The van der Waals surface area contributed by atoms with E-state index in [9.17, 15) is 13.6 Å². The third kappa shape index (κ3) is 3.86. The minimum Gasteiger partial charge on any atom is -0.435 e. The Bertz CT molecular complexity index is 608. The zero-order valence-corrected chi connectivity index (χ0v) is 10.6. The third-order valence-electron chi connectivity index (χ3n) is 2.19. The molecule has 2 aromatic rings. The zero-order chi connectivity index (χ0) is 14.5. The fraction of sp³-hybridized carbons (Fsp3) is 0.0833. The Morgan fingerprint density at radius 3 is 2.70 bits per heavy atom. The van der Waals surface area contributed by atoms with E-state index in [1.165, 1.54) is 36.4 Å². The highest BCUT2D eigenvalue weighted by molar-refractivity contribution is 6.29. The molecule has 0 bridgehead atoms. The Morgan fingerprint density at radius 2 is 2.05 bits per heavy atom. The molecular formula is C12H8ClF2N3O2. The van der Waals surface area contributed by atoms with Crippen LogP contribution in [-0.2, 0) is 0 Å². The minimum atomic E-state index is -2.95. The number of halogens is 3. The second-order valence-corrected chi connectivity index (χ2v) is 3.99. The average Bonchev–Trinajstić information content (AvgIpc) is 2.41. The van der Waals surface area contributed by atoms with Crippen LogP contribution < -0.4 is 10.1 Å². The SMILES string of the molecule is O=C(Nc1ccc(Cl)nn1)c1cccc(OC(F)F)c1. The highest BCUT2D eigenvalue weighted by Crippen LogP contribution is 2.17. The largest absolute Gasteiger partial charge is 0.435 e. The van der Waals surface area contributed by atoms with E-state index in [-0.39, 0.29) is 22.3 Å². The van der Waals surface area contributed by atoms with Crippen LogP contribution in [0.3, 0.4) is 0 Å². The highest BCUT2D eigenvalue weighted by Gasteiger charge is 2.10. The van der Waals surface area contributed by atoms with Crippen molar-refractivity contribution >= 4 is 23.3 Å². The van der Waals surface area contributed by atoms with Crippen LogP contribution in [0.2, 0.25) is 5.15 Å². The summed E-state index contributed by atoms with van der Waals surface area (Å²) >= 11 is 5.56. The van der Waals surface area contributed by atoms with Crippen molar-refractivity contribution in [2.45, 2.75) is 6.61 Å². The predicted octanol–water partition coefficient (Wildman–Crippen LogP) is 2.98. The molecule has 2 rings (SSSR count). The Hall–Kier alpha value is -2.28. The number of hydrogen-bond acceptors (Lipinski definition) is 4. The highest BCUT2D eigenvalue weighted by atomic mass is 35.5. The number of benzene rings is 1. The normalized spacial score (nSPS) is 10.4. The number of amides is 1. The number of carbonyl (C=O) groups is 1. The quantitative estimate of drug-likeness (QED) is 0.942. The van der Waals surface area contributed by atoms with E-state index in [1.54, 1.807) is 0 Å². The monoisotopic (exact) mass is 299 g/mol. The molecule has 0 spiro atoms. The zero-order valence-electron chi connectivity index (χ0n) is 9.89. The second-order valence-electron chi connectivity index (χ2n) is 3.60. The molecule has 1 aromatic heterocycles. The summed E-state index contributed by atoms with van der Waals surface area (Å²) in [5.41, 5.74) is 0.153. The topological polar surface area (TPSA) is 64.1 Å². The molecule has 0 aliphatic rings. The Balaban J connectivity index is 2.10. The second kappa shape index (κ2) is 6.25. The summed E-state index contributed by atoms with van der Waals surface area (Å²) < 4.78 is 28.4. The molecule has 8 heteroatoms. The third-order valence-corrected chi connectivity index (χ3v) is 2.40. The first-order chi connectivity index (χ1) is 9.54. The molecule has 5 nitrogen and oxygen atoms in total. The summed E-state index contributed by atoms with van der Waals surface area (Å²) in [6.07, 6.45) is 0. The standard InChI is InChI=1S/C12H8ClF2N3O2/c13-9-4-5-10(18-17-9)16-11(19)7-2-1-3-8(6-7)20-12(14)15/h1-6,12H,(H,16,18,19). The van der Waals surface area contributed by atoms with Gasteiger partial charge in [-0.3, -0.25) is 4.79 Å². The average molecular weight is 300 g/mol. The molecule has 1 amide bonds. The predicted molar refractivity (Wildman–Crippen MR) is 68.1 cm³/mol. The van der Waals surface area contributed by atoms with Crippen LogP contribution in [-0.4, -0.2) is 22.7 Å². The van der Waals surface area contributed by atoms with Crippen LogP contribution >= 0.6 is 11.6 Å². The van der Waals surface area contributed by atoms with Gasteiger partial charge in [0.2, 0.25) is 0 Å². The van der Waals surface area contributed by atoms with Crippen molar-refractivity contribution < 1.29 is 18.3 Å². The van der Waals surface area contributed by atoms with Crippen LogP contribution in [0.15, 0.2) is 36.4 Å². The number of alkyl halides is 2. The van der Waals surface area contributed by atoms with E-state index in [0.717, 1.165) is 0 Å². The van der Waals surface area contributed by atoms with Gasteiger partial charge in [-0.1, -0.05) is 17.7 Å². The molecule has 0 radical (unpaired) electrons. The van der Waals surface area contributed by atoms with Crippen molar-refractivity contribution in [3.05, 3.63) is 47.1 Å². The fourth-order valence-corrected chi connectivity index (χ4v) is 1.49. The van der Waals surface area contributed by atoms with E-state index >= 15 is 0 Å². The fourth-order valence-electron chi connectivity index (χ4n) is 1.38. The number of nitrogens with zero attached hydrogens (tertiary/aromatic N) is 2. The number of hydrogen-bond donors (Lipinski definition) is 1. The van der Waals surface area contributed by atoms with Crippen LogP contribution in [0.5, 0.6) is 5.75 Å². The van der Waals surface area contributed by atoms with Gasteiger partial charge in [0.25, 0.3) is 5.91 Å². The smallest absolute Gasteiger partial charge is 0.387 e. The molecule has 1 heterocycles.